The first-order valence-corrected chi connectivity index (χ1v) is 7.87. The number of nitrogens with one attached hydrogen (secondary N) is 2. The van der Waals surface area contributed by atoms with E-state index in [1.165, 1.54) is 0 Å². The summed E-state index contributed by atoms with van der Waals surface area (Å²) in [5.41, 5.74) is 0. The van der Waals surface area contributed by atoms with E-state index in [0.29, 0.717) is 12.8 Å². The van der Waals surface area contributed by atoms with Crippen LogP contribution in [0.2, 0.25) is 0 Å². The van der Waals surface area contributed by atoms with Crippen molar-refractivity contribution in [1.82, 2.24) is 10.6 Å². The highest BCUT2D eigenvalue weighted by Crippen LogP contribution is 2.10. The molecule has 0 aromatic heterocycles. The molecule has 0 radical (unpaired) electrons. The average molecular weight is 346 g/mol. The van der Waals surface area contributed by atoms with E-state index in [4.69, 9.17) is 10.2 Å². The summed E-state index contributed by atoms with van der Waals surface area (Å²) in [6.07, 6.45) is -1.16. The zero-order valence-corrected chi connectivity index (χ0v) is 13.9. The Morgan fingerprint density at radius 2 is 1.75 bits per heavy atom. The van der Waals surface area contributed by atoms with Gasteiger partial charge in [0.05, 0.1) is 12.5 Å². The van der Waals surface area contributed by atoms with Gasteiger partial charge in [0.25, 0.3) is 0 Å². The van der Waals surface area contributed by atoms with Crippen LogP contribution in [0.4, 0.5) is 4.79 Å². The number of aliphatic carboxylic acids is 1. The summed E-state index contributed by atoms with van der Waals surface area (Å²) in [4.78, 5) is 44.9. The highest BCUT2D eigenvalue weighted by atomic mass is 16.4. The van der Waals surface area contributed by atoms with Gasteiger partial charge in [-0.15, -0.1) is 0 Å². The molecule has 2 amide bonds. The minimum Gasteiger partial charge on any atom is -0.481 e. The molecular weight excluding hydrogens is 320 g/mol. The molecule has 0 aliphatic heterocycles. The summed E-state index contributed by atoms with van der Waals surface area (Å²) in [7, 11) is 0. The molecule has 3 atom stereocenters. The monoisotopic (exact) mass is 346 g/mol. The van der Waals surface area contributed by atoms with E-state index in [1.807, 2.05) is 12.2 Å². The lowest BCUT2D eigenvalue weighted by Gasteiger charge is -2.17. The molecule has 0 aromatic rings. The number of carboxylic acids is 1. The maximum absolute atomic E-state index is 11.9. The molecule has 0 aliphatic rings. The van der Waals surface area contributed by atoms with Gasteiger partial charge in [-0.1, -0.05) is 20.3 Å². The van der Waals surface area contributed by atoms with Crippen molar-refractivity contribution in [2.45, 2.75) is 58.1 Å². The standard InChI is InChI=1S/C15H26N2O7/c1-3-4-10(18)7-9(2)14(22)16-6-5-12(19)11(8-13(20)21)17-15(23)24/h9-11,17-18H,3-8H2,1-2H3,(H,16,22)(H,20,21)(H,23,24). The molecule has 0 saturated heterocycles. The molecule has 0 rings (SSSR count). The maximum Gasteiger partial charge on any atom is 0.405 e. The lowest BCUT2D eigenvalue weighted by atomic mass is 10.00. The first kappa shape index (κ1) is 21.8. The van der Waals surface area contributed by atoms with Gasteiger partial charge in [-0.3, -0.25) is 14.4 Å². The smallest absolute Gasteiger partial charge is 0.405 e. The summed E-state index contributed by atoms with van der Waals surface area (Å²) >= 11 is 0. The van der Waals surface area contributed by atoms with Crippen molar-refractivity contribution in [3.8, 4) is 0 Å². The van der Waals surface area contributed by atoms with Gasteiger partial charge in [-0.2, -0.15) is 0 Å². The normalized spacial score (nSPS) is 14.3. The summed E-state index contributed by atoms with van der Waals surface area (Å²) in [5, 5.41) is 31.3. The minimum absolute atomic E-state index is 0.0245. The number of amides is 2. The van der Waals surface area contributed by atoms with Gasteiger partial charge in [0.2, 0.25) is 5.91 Å². The van der Waals surface area contributed by atoms with Gasteiger partial charge in [0.15, 0.2) is 5.78 Å². The second kappa shape index (κ2) is 11.4. The molecule has 9 heteroatoms. The lowest BCUT2D eigenvalue weighted by molar-refractivity contribution is -0.139. The molecule has 0 spiro atoms. The van der Waals surface area contributed by atoms with Crippen LogP contribution in [0.3, 0.4) is 0 Å². The van der Waals surface area contributed by atoms with Crippen LogP contribution in [0.1, 0.15) is 46.0 Å². The van der Waals surface area contributed by atoms with Gasteiger partial charge in [-0.05, 0) is 12.8 Å². The molecule has 0 heterocycles. The third-order valence-electron chi connectivity index (χ3n) is 3.43. The molecule has 5 N–H and O–H groups in total. The van der Waals surface area contributed by atoms with Gasteiger partial charge in [0, 0.05) is 18.9 Å². The topological polar surface area (TPSA) is 153 Å². The third kappa shape index (κ3) is 9.78. The molecule has 0 saturated carbocycles. The van der Waals surface area contributed by atoms with Crippen molar-refractivity contribution in [2.75, 3.05) is 6.54 Å². The molecule has 0 aromatic carbocycles. The molecule has 9 nitrogen and oxygen atoms in total. The number of ketones is 1. The molecule has 0 aliphatic carbocycles. The maximum atomic E-state index is 11.9. The molecular formula is C15H26N2O7. The molecule has 0 fully saturated rings. The van der Waals surface area contributed by atoms with Crippen LogP contribution in [0, 0.1) is 5.92 Å². The minimum atomic E-state index is -1.49. The first-order valence-electron chi connectivity index (χ1n) is 7.87. The number of hydrogen-bond donors (Lipinski definition) is 5. The van der Waals surface area contributed by atoms with Crippen molar-refractivity contribution in [3.63, 3.8) is 0 Å². The Morgan fingerprint density at radius 1 is 1.12 bits per heavy atom. The van der Waals surface area contributed by atoms with Crippen LogP contribution in [0.5, 0.6) is 0 Å². The van der Waals surface area contributed by atoms with E-state index in [-0.39, 0.29) is 18.9 Å². The Balaban J connectivity index is 4.30. The number of Topliss-reactive ketones (excluding diaryl/α,β-unsaturated/α-hetero) is 1. The largest absolute Gasteiger partial charge is 0.481 e. The van der Waals surface area contributed by atoms with Crippen molar-refractivity contribution < 1.29 is 34.5 Å². The number of aliphatic hydroxyl groups is 1. The van der Waals surface area contributed by atoms with E-state index in [9.17, 15) is 24.3 Å². The van der Waals surface area contributed by atoms with E-state index < -0.39 is 42.3 Å². The van der Waals surface area contributed by atoms with Gasteiger partial charge < -0.3 is 26.0 Å². The zero-order valence-electron chi connectivity index (χ0n) is 13.9. The van der Waals surface area contributed by atoms with Gasteiger partial charge in [-0.25, -0.2) is 4.79 Å². The van der Waals surface area contributed by atoms with Crippen molar-refractivity contribution >= 4 is 23.8 Å². The Kier molecular flexibility index (Phi) is 10.4. The summed E-state index contributed by atoms with van der Waals surface area (Å²) in [6.45, 7) is 3.57. The Morgan fingerprint density at radius 3 is 2.25 bits per heavy atom. The Bertz CT molecular complexity index is 437. The highest BCUT2D eigenvalue weighted by molar-refractivity contribution is 5.90. The van der Waals surface area contributed by atoms with Crippen LogP contribution >= 0.6 is 0 Å². The fourth-order valence-electron chi connectivity index (χ4n) is 2.19. The fraction of sp³-hybridized carbons (Fsp3) is 0.733. The Hall–Kier alpha value is -2.16. The van der Waals surface area contributed by atoms with E-state index >= 15 is 0 Å². The fourth-order valence-corrected chi connectivity index (χ4v) is 2.19. The molecule has 0 bridgehead atoms. The average Bonchev–Trinajstić information content (AvgIpc) is 2.45. The second-order valence-corrected chi connectivity index (χ2v) is 5.69. The van der Waals surface area contributed by atoms with E-state index in [0.717, 1.165) is 6.42 Å². The molecule has 24 heavy (non-hydrogen) atoms. The molecule has 138 valence electrons. The predicted octanol–water partition coefficient (Wildman–Crippen LogP) is 0.360. The van der Waals surface area contributed by atoms with Crippen LogP contribution in [0.15, 0.2) is 0 Å². The number of carboxylic acid groups (broad SMARTS) is 2. The predicted molar refractivity (Wildman–Crippen MR) is 84.5 cm³/mol. The number of carbonyl (C=O) groups excluding carboxylic acids is 2. The van der Waals surface area contributed by atoms with Crippen LogP contribution < -0.4 is 10.6 Å². The summed E-state index contributed by atoms with van der Waals surface area (Å²) in [6, 6.07) is -1.35. The number of hydrogen-bond acceptors (Lipinski definition) is 5. The SMILES string of the molecule is CCCC(O)CC(C)C(=O)NCCC(=O)C(CC(=O)O)NC(=O)O. The number of rotatable bonds is 12. The van der Waals surface area contributed by atoms with Gasteiger partial charge in [0.1, 0.15) is 6.04 Å². The van der Waals surface area contributed by atoms with Gasteiger partial charge >= 0.3 is 12.1 Å². The van der Waals surface area contributed by atoms with E-state index in [2.05, 4.69) is 5.32 Å². The second-order valence-electron chi connectivity index (χ2n) is 5.69. The van der Waals surface area contributed by atoms with Crippen molar-refractivity contribution in [3.05, 3.63) is 0 Å². The third-order valence-corrected chi connectivity index (χ3v) is 3.43. The van der Waals surface area contributed by atoms with Crippen LogP contribution in [-0.4, -0.2) is 57.8 Å². The van der Waals surface area contributed by atoms with E-state index in [1.54, 1.807) is 6.92 Å². The number of carbonyl (C=O) groups is 4. The van der Waals surface area contributed by atoms with Crippen LogP contribution in [0.25, 0.3) is 0 Å². The summed E-state index contributed by atoms with van der Waals surface area (Å²) in [5.74, 6) is -2.66. The van der Waals surface area contributed by atoms with Crippen LogP contribution in [-0.2, 0) is 14.4 Å². The van der Waals surface area contributed by atoms with Crippen molar-refractivity contribution in [1.29, 1.82) is 0 Å². The lowest BCUT2D eigenvalue weighted by Crippen LogP contribution is -2.43. The quantitative estimate of drug-likeness (QED) is 0.342. The Labute approximate surface area is 140 Å². The molecule has 3 unspecified atom stereocenters. The highest BCUT2D eigenvalue weighted by Gasteiger charge is 2.23. The summed E-state index contributed by atoms with van der Waals surface area (Å²) < 4.78 is 0. The van der Waals surface area contributed by atoms with Crippen molar-refractivity contribution in [2.24, 2.45) is 5.92 Å². The number of aliphatic hydroxyl groups excluding tert-OH is 1. The zero-order chi connectivity index (χ0) is 18.7. The first-order chi connectivity index (χ1) is 11.2.